The molecule has 1 saturated heterocycles. The maximum atomic E-state index is 14.9. The fraction of sp³-hybridized carbons (Fsp3) is 0.500. The molecular formula is C26H36FN7O4. The number of carbonyl (C=O) groups is 4. The second-order valence-electron chi connectivity index (χ2n) is 9.37. The number of likely N-dealkylation sites (N-methyl/N-ethyl adjacent to an activating group) is 1. The normalized spacial score (nSPS) is 16.6. The molecule has 2 aromatic rings. The van der Waals surface area contributed by atoms with Crippen molar-refractivity contribution >= 4 is 29.3 Å². The molecule has 1 aromatic heterocycles. The van der Waals surface area contributed by atoms with Crippen LogP contribution in [-0.2, 0) is 27.3 Å². The molecule has 1 aromatic carbocycles. The van der Waals surface area contributed by atoms with E-state index in [0.29, 0.717) is 30.9 Å². The van der Waals surface area contributed by atoms with Gasteiger partial charge in [0, 0.05) is 51.3 Å². The minimum absolute atomic E-state index is 0.0556. The van der Waals surface area contributed by atoms with E-state index < -0.39 is 23.7 Å². The smallest absolute Gasteiger partial charge is 0.269 e. The summed E-state index contributed by atoms with van der Waals surface area (Å²) in [6.07, 6.45) is 1.82. The van der Waals surface area contributed by atoms with Gasteiger partial charge in [0.2, 0.25) is 17.7 Å². The van der Waals surface area contributed by atoms with E-state index in [2.05, 4.69) is 25.9 Å². The highest BCUT2D eigenvalue weighted by molar-refractivity contribution is 5.98. The van der Waals surface area contributed by atoms with Crippen LogP contribution in [0.1, 0.15) is 43.2 Å². The number of benzene rings is 1. The summed E-state index contributed by atoms with van der Waals surface area (Å²) in [6.45, 7) is 7.55. The SMILES string of the molecule is CCC(=O)NC(Cc1ccc(NC(=O)CNC(=O)c2ccnn2CC)c(F)c1)C(=O)N1CCN(C)C(C)C1. The molecule has 11 nitrogen and oxygen atoms in total. The lowest BCUT2D eigenvalue weighted by Crippen LogP contribution is -2.57. The van der Waals surface area contributed by atoms with Gasteiger partial charge in [-0.3, -0.25) is 23.9 Å². The van der Waals surface area contributed by atoms with Crippen LogP contribution in [0.4, 0.5) is 10.1 Å². The van der Waals surface area contributed by atoms with Crippen molar-refractivity contribution in [3.05, 3.63) is 47.5 Å². The van der Waals surface area contributed by atoms with E-state index in [1.165, 1.54) is 23.0 Å². The molecule has 4 amide bonds. The van der Waals surface area contributed by atoms with Crippen molar-refractivity contribution in [2.45, 2.75) is 52.2 Å². The van der Waals surface area contributed by atoms with E-state index in [-0.39, 0.29) is 42.9 Å². The van der Waals surface area contributed by atoms with Crippen molar-refractivity contribution in [2.24, 2.45) is 0 Å². The van der Waals surface area contributed by atoms with E-state index in [9.17, 15) is 23.6 Å². The highest BCUT2D eigenvalue weighted by Crippen LogP contribution is 2.18. The van der Waals surface area contributed by atoms with Crippen molar-refractivity contribution < 1.29 is 23.6 Å². The summed E-state index contributed by atoms with van der Waals surface area (Å²) in [4.78, 5) is 53.9. The van der Waals surface area contributed by atoms with Crippen LogP contribution in [0.5, 0.6) is 0 Å². The van der Waals surface area contributed by atoms with Crippen LogP contribution in [-0.4, -0.2) is 88.5 Å². The highest BCUT2D eigenvalue weighted by Gasteiger charge is 2.30. The van der Waals surface area contributed by atoms with Crippen LogP contribution >= 0.6 is 0 Å². The van der Waals surface area contributed by atoms with Crippen LogP contribution in [0.3, 0.4) is 0 Å². The summed E-state index contributed by atoms with van der Waals surface area (Å²) >= 11 is 0. The zero-order valence-electron chi connectivity index (χ0n) is 22.3. The maximum Gasteiger partial charge on any atom is 0.269 e. The van der Waals surface area contributed by atoms with Gasteiger partial charge < -0.3 is 25.8 Å². The van der Waals surface area contributed by atoms with Gasteiger partial charge in [-0.25, -0.2) is 4.39 Å². The first-order valence-electron chi connectivity index (χ1n) is 12.8. The number of halogens is 1. The van der Waals surface area contributed by atoms with Crippen LogP contribution in [0, 0.1) is 5.82 Å². The lowest BCUT2D eigenvalue weighted by atomic mass is 10.0. The Labute approximate surface area is 221 Å². The maximum absolute atomic E-state index is 14.9. The second kappa shape index (κ2) is 13.1. The molecule has 206 valence electrons. The van der Waals surface area contributed by atoms with Crippen molar-refractivity contribution in [2.75, 3.05) is 38.5 Å². The minimum atomic E-state index is -0.829. The Morgan fingerprint density at radius 3 is 2.55 bits per heavy atom. The van der Waals surface area contributed by atoms with Gasteiger partial charge in [-0.05, 0) is 44.7 Å². The Balaban J connectivity index is 1.62. The van der Waals surface area contributed by atoms with Gasteiger partial charge in [-0.2, -0.15) is 5.10 Å². The van der Waals surface area contributed by atoms with E-state index in [4.69, 9.17) is 0 Å². The van der Waals surface area contributed by atoms with E-state index in [1.54, 1.807) is 24.0 Å². The van der Waals surface area contributed by atoms with Gasteiger partial charge >= 0.3 is 0 Å². The number of hydrogen-bond donors (Lipinski definition) is 3. The Bertz CT molecular complexity index is 1170. The minimum Gasteiger partial charge on any atom is -0.344 e. The third kappa shape index (κ3) is 7.37. The molecule has 1 aliphatic rings. The number of amides is 4. The van der Waals surface area contributed by atoms with Gasteiger partial charge in [-0.15, -0.1) is 0 Å². The molecule has 2 atom stereocenters. The first-order chi connectivity index (χ1) is 18.1. The number of nitrogens with zero attached hydrogens (tertiary/aromatic N) is 4. The van der Waals surface area contributed by atoms with Gasteiger partial charge in [0.15, 0.2) is 0 Å². The van der Waals surface area contributed by atoms with Crippen molar-refractivity contribution in [3.63, 3.8) is 0 Å². The van der Waals surface area contributed by atoms with Gasteiger partial charge in [0.25, 0.3) is 5.91 Å². The number of carbonyl (C=O) groups excluding carboxylic acids is 4. The Morgan fingerprint density at radius 2 is 1.89 bits per heavy atom. The van der Waals surface area contributed by atoms with Crippen molar-refractivity contribution in [3.8, 4) is 0 Å². The molecule has 38 heavy (non-hydrogen) atoms. The average molecular weight is 530 g/mol. The molecule has 12 heteroatoms. The zero-order valence-corrected chi connectivity index (χ0v) is 22.3. The summed E-state index contributed by atoms with van der Waals surface area (Å²) < 4.78 is 16.4. The second-order valence-corrected chi connectivity index (χ2v) is 9.37. The van der Waals surface area contributed by atoms with Gasteiger partial charge in [0.1, 0.15) is 17.6 Å². The first kappa shape index (κ1) is 28.8. The number of hydrogen-bond acceptors (Lipinski definition) is 6. The number of aryl methyl sites for hydroxylation is 1. The molecule has 3 N–H and O–H groups in total. The zero-order chi connectivity index (χ0) is 27.8. The summed E-state index contributed by atoms with van der Waals surface area (Å²) in [5.74, 6) is -2.22. The van der Waals surface area contributed by atoms with Crippen LogP contribution < -0.4 is 16.0 Å². The predicted octanol–water partition coefficient (Wildman–Crippen LogP) is 1.01. The van der Waals surface area contributed by atoms with E-state index >= 15 is 0 Å². The fourth-order valence-corrected chi connectivity index (χ4v) is 4.21. The molecule has 0 radical (unpaired) electrons. The van der Waals surface area contributed by atoms with Gasteiger partial charge in [0.05, 0.1) is 12.2 Å². The number of anilines is 1. The molecule has 0 spiro atoms. The number of rotatable bonds is 10. The fourth-order valence-electron chi connectivity index (χ4n) is 4.21. The molecule has 1 aliphatic heterocycles. The first-order valence-corrected chi connectivity index (χ1v) is 12.8. The quantitative estimate of drug-likeness (QED) is 0.422. The Morgan fingerprint density at radius 1 is 1.13 bits per heavy atom. The number of aromatic nitrogens is 2. The molecule has 2 heterocycles. The largest absolute Gasteiger partial charge is 0.344 e. The summed E-state index contributed by atoms with van der Waals surface area (Å²) in [5, 5.41) is 11.7. The molecule has 3 rings (SSSR count). The summed E-state index contributed by atoms with van der Waals surface area (Å²) in [5.41, 5.74) is 0.764. The van der Waals surface area contributed by atoms with E-state index in [0.717, 1.165) is 6.54 Å². The van der Waals surface area contributed by atoms with Crippen LogP contribution in [0.2, 0.25) is 0 Å². The summed E-state index contributed by atoms with van der Waals surface area (Å²) in [7, 11) is 2.00. The van der Waals surface area contributed by atoms with Gasteiger partial charge in [-0.1, -0.05) is 13.0 Å². The topological polar surface area (TPSA) is 129 Å². The predicted molar refractivity (Wildman–Crippen MR) is 140 cm³/mol. The monoisotopic (exact) mass is 529 g/mol. The molecule has 1 fully saturated rings. The molecule has 0 aliphatic carbocycles. The number of piperazine rings is 1. The standard InChI is InChI=1S/C26H36FN7O4/c1-5-23(35)31-21(26(38)33-12-11-32(4)17(3)16-33)14-18-7-8-20(19(27)13-18)30-24(36)15-28-25(37)22-9-10-29-34(22)6-2/h7-10,13,17,21H,5-6,11-12,14-16H2,1-4H3,(H,28,37)(H,30,36)(H,31,35). The third-order valence-corrected chi connectivity index (χ3v) is 6.63. The molecule has 2 unspecified atom stereocenters. The molecule has 0 saturated carbocycles. The third-order valence-electron chi connectivity index (χ3n) is 6.63. The summed E-state index contributed by atoms with van der Waals surface area (Å²) in [6, 6.07) is 5.14. The average Bonchev–Trinajstić information content (AvgIpc) is 3.38. The lowest BCUT2D eigenvalue weighted by Gasteiger charge is -2.39. The lowest BCUT2D eigenvalue weighted by molar-refractivity contribution is -0.138. The van der Waals surface area contributed by atoms with Crippen LogP contribution in [0.15, 0.2) is 30.5 Å². The molecular weight excluding hydrogens is 493 g/mol. The Kier molecular flexibility index (Phi) is 9.94. The van der Waals surface area contributed by atoms with Crippen molar-refractivity contribution in [1.29, 1.82) is 0 Å². The highest BCUT2D eigenvalue weighted by atomic mass is 19.1. The van der Waals surface area contributed by atoms with E-state index in [1.807, 2.05) is 20.9 Å². The Hall–Kier alpha value is -3.80. The number of nitrogens with one attached hydrogen (secondary N) is 3. The molecule has 0 bridgehead atoms. The van der Waals surface area contributed by atoms with Crippen molar-refractivity contribution in [1.82, 2.24) is 30.2 Å². The van der Waals surface area contributed by atoms with Crippen LogP contribution in [0.25, 0.3) is 0 Å².